The Kier molecular flexibility index (Phi) is 7.87. The van der Waals surface area contributed by atoms with Crippen molar-refractivity contribution in [2.24, 2.45) is 10.2 Å². The smallest absolute Gasteiger partial charge is 0.272 e. The maximum Gasteiger partial charge on any atom is 0.272 e. The molecule has 1 N–H and O–H groups in total. The molecule has 0 aliphatic carbocycles. The molecule has 0 aliphatic heterocycles. The maximum atomic E-state index is 13.5. The number of halogens is 1. The van der Waals surface area contributed by atoms with E-state index in [9.17, 15) is 4.79 Å². The van der Waals surface area contributed by atoms with Crippen LogP contribution in [-0.2, 0) is 0 Å². The van der Waals surface area contributed by atoms with E-state index in [0.717, 1.165) is 27.9 Å². The van der Waals surface area contributed by atoms with Gasteiger partial charge in [-0.15, -0.1) is 0 Å². The summed E-state index contributed by atoms with van der Waals surface area (Å²) < 4.78 is 1.46. The predicted octanol–water partition coefficient (Wildman–Crippen LogP) is 7.58. The molecule has 0 bridgehead atoms. The van der Waals surface area contributed by atoms with Crippen LogP contribution in [0.2, 0.25) is 5.02 Å². The molecule has 1 heterocycles. The largest absolute Gasteiger partial charge is 0.279 e. The first-order valence-electron chi connectivity index (χ1n) is 12.2. The minimum Gasteiger partial charge on any atom is -0.279 e. The molecule has 0 radical (unpaired) electrons. The van der Waals surface area contributed by atoms with E-state index in [2.05, 4.69) is 10.5 Å². The van der Waals surface area contributed by atoms with Gasteiger partial charge < -0.3 is 0 Å². The number of pyridine rings is 1. The molecule has 0 aliphatic rings. The molecule has 0 saturated carbocycles. The molecule has 5 aromatic rings. The second-order valence-corrected chi connectivity index (χ2v) is 8.99. The minimum absolute atomic E-state index is 0.226. The lowest BCUT2D eigenvalue weighted by molar-refractivity contribution is 0.835. The van der Waals surface area contributed by atoms with Crippen LogP contribution in [0, 0.1) is 0 Å². The molecular weight excluding hydrogens is 492 g/mol. The summed E-state index contributed by atoms with van der Waals surface area (Å²) in [6, 6.07) is 40.4. The molecule has 0 spiro atoms. The monoisotopic (exact) mass is 516 g/mol. The quantitative estimate of drug-likeness (QED) is 0.171. The topological polar surface area (TPSA) is 58.8 Å². The highest BCUT2D eigenvalue weighted by atomic mass is 35.5. The standard InChI is InChI=1S/C32H25ClN4O/c33-28-18-16-25(17-19-28)30(20-21-34-35-29-14-8-3-9-15-29)36-37-31(26-12-6-2-7-13-26)22-27(23-32(37)38)24-10-4-1-5-11-24/h1-19,21-23,35H,20H2/b34-21+,36-30+. The minimum atomic E-state index is -0.226. The first kappa shape index (κ1) is 24.9. The highest BCUT2D eigenvalue weighted by Gasteiger charge is 2.12. The molecule has 0 atom stereocenters. The van der Waals surface area contributed by atoms with Crippen LogP contribution in [0.15, 0.2) is 142 Å². The highest BCUT2D eigenvalue weighted by molar-refractivity contribution is 6.30. The number of nitrogens with one attached hydrogen (secondary N) is 1. The van der Waals surface area contributed by atoms with Crippen molar-refractivity contribution in [1.82, 2.24) is 4.68 Å². The molecule has 186 valence electrons. The summed E-state index contributed by atoms with van der Waals surface area (Å²) in [5.74, 6) is 0. The van der Waals surface area contributed by atoms with Crippen LogP contribution in [0.5, 0.6) is 0 Å². The third-order valence-electron chi connectivity index (χ3n) is 5.93. The first-order chi connectivity index (χ1) is 18.7. The highest BCUT2D eigenvalue weighted by Crippen LogP contribution is 2.25. The summed E-state index contributed by atoms with van der Waals surface area (Å²) in [6.07, 6.45) is 2.13. The summed E-state index contributed by atoms with van der Waals surface area (Å²) in [5.41, 5.74) is 8.59. The normalized spacial score (nSPS) is 11.6. The van der Waals surface area contributed by atoms with Crippen molar-refractivity contribution in [3.63, 3.8) is 0 Å². The van der Waals surface area contributed by atoms with Crippen LogP contribution in [0.4, 0.5) is 5.69 Å². The van der Waals surface area contributed by atoms with Gasteiger partial charge in [-0.1, -0.05) is 103 Å². The van der Waals surface area contributed by atoms with Crippen LogP contribution in [-0.4, -0.2) is 16.6 Å². The Morgan fingerprint density at radius 2 is 1.34 bits per heavy atom. The van der Waals surface area contributed by atoms with Crippen LogP contribution in [0.25, 0.3) is 22.4 Å². The van der Waals surface area contributed by atoms with Crippen molar-refractivity contribution in [2.45, 2.75) is 6.42 Å². The van der Waals surface area contributed by atoms with Crippen molar-refractivity contribution in [1.29, 1.82) is 0 Å². The zero-order chi connectivity index (χ0) is 26.2. The lowest BCUT2D eigenvalue weighted by Gasteiger charge is -2.13. The van der Waals surface area contributed by atoms with Crippen molar-refractivity contribution in [3.8, 4) is 22.4 Å². The Morgan fingerprint density at radius 3 is 2.00 bits per heavy atom. The van der Waals surface area contributed by atoms with E-state index >= 15 is 0 Å². The second kappa shape index (κ2) is 12.0. The summed E-state index contributed by atoms with van der Waals surface area (Å²) in [7, 11) is 0. The van der Waals surface area contributed by atoms with Gasteiger partial charge >= 0.3 is 0 Å². The van der Waals surface area contributed by atoms with Gasteiger partial charge in [-0.05, 0) is 47.0 Å². The molecule has 5 rings (SSSR count). The van der Waals surface area contributed by atoms with E-state index in [4.69, 9.17) is 16.7 Å². The Bertz CT molecular complexity index is 1610. The molecule has 0 saturated heterocycles. The number of anilines is 1. The SMILES string of the molecule is O=c1cc(-c2ccccc2)cc(-c2ccccc2)n1/N=C(\C/C=N/Nc1ccccc1)c1ccc(Cl)cc1. The van der Waals surface area contributed by atoms with Crippen LogP contribution >= 0.6 is 11.6 Å². The number of hydrogen-bond acceptors (Lipinski definition) is 4. The van der Waals surface area contributed by atoms with Gasteiger partial charge in [0.2, 0.25) is 0 Å². The lowest BCUT2D eigenvalue weighted by atomic mass is 10.0. The number of hydrazone groups is 1. The summed E-state index contributed by atoms with van der Waals surface area (Å²) in [6.45, 7) is 0. The van der Waals surface area contributed by atoms with E-state index in [1.807, 2.05) is 121 Å². The van der Waals surface area contributed by atoms with Crippen molar-refractivity contribution < 1.29 is 0 Å². The average molecular weight is 517 g/mol. The molecule has 0 amide bonds. The van der Waals surface area contributed by atoms with Gasteiger partial charge in [0.05, 0.1) is 17.1 Å². The van der Waals surface area contributed by atoms with Gasteiger partial charge in [-0.3, -0.25) is 10.2 Å². The second-order valence-electron chi connectivity index (χ2n) is 8.56. The summed E-state index contributed by atoms with van der Waals surface area (Å²) in [5, 5.41) is 9.85. The number of hydrogen-bond donors (Lipinski definition) is 1. The fourth-order valence-electron chi connectivity index (χ4n) is 4.02. The number of rotatable bonds is 8. The van der Waals surface area contributed by atoms with E-state index in [-0.39, 0.29) is 5.56 Å². The maximum absolute atomic E-state index is 13.5. The zero-order valence-electron chi connectivity index (χ0n) is 20.5. The fourth-order valence-corrected chi connectivity index (χ4v) is 4.15. The van der Waals surface area contributed by atoms with Crippen molar-refractivity contribution >= 4 is 29.2 Å². The molecule has 6 heteroatoms. The van der Waals surface area contributed by atoms with Gasteiger partial charge in [-0.2, -0.15) is 14.9 Å². The van der Waals surface area contributed by atoms with E-state index < -0.39 is 0 Å². The molecule has 0 fully saturated rings. The van der Waals surface area contributed by atoms with Gasteiger partial charge in [0.1, 0.15) is 0 Å². The van der Waals surface area contributed by atoms with Gasteiger partial charge in [0, 0.05) is 29.3 Å². The van der Waals surface area contributed by atoms with E-state index in [1.165, 1.54) is 4.68 Å². The molecular formula is C32H25ClN4O. The Hall–Kier alpha value is -4.74. The molecule has 5 nitrogen and oxygen atoms in total. The van der Waals surface area contributed by atoms with Crippen LogP contribution in [0.1, 0.15) is 12.0 Å². The van der Waals surface area contributed by atoms with Crippen molar-refractivity contribution in [2.75, 3.05) is 5.43 Å². The molecule has 4 aromatic carbocycles. The van der Waals surface area contributed by atoms with Gasteiger partial charge in [0.15, 0.2) is 0 Å². The van der Waals surface area contributed by atoms with Gasteiger partial charge in [-0.25, -0.2) is 0 Å². The fraction of sp³-hybridized carbons (Fsp3) is 0.0312. The Morgan fingerprint density at radius 1 is 0.737 bits per heavy atom. The van der Waals surface area contributed by atoms with Gasteiger partial charge in [0.25, 0.3) is 5.56 Å². The zero-order valence-corrected chi connectivity index (χ0v) is 21.3. The molecule has 0 unspecified atom stereocenters. The third kappa shape index (κ3) is 6.14. The number of benzene rings is 4. The van der Waals surface area contributed by atoms with E-state index in [0.29, 0.717) is 22.8 Å². The Balaban J connectivity index is 1.59. The third-order valence-corrected chi connectivity index (χ3v) is 6.18. The average Bonchev–Trinajstić information content (AvgIpc) is 2.97. The number of para-hydroxylation sites is 1. The summed E-state index contributed by atoms with van der Waals surface area (Å²) in [4.78, 5) is 13.5. The lowest BCUT2D eigenvalue weighted by Crippen LogP contribution is -2.20. The first-order valence-corrected chi connectivity index (χ1v) is 12.6. The predicted molar refractivity (Wildman–Crippen MR) is 158 cm³/mol. The molecule has 1 aromatic heterocycles. The summed E-state index contributed by atoms with van der Waals surface area (Å²) >= 11 is 6.15. The number of nitrogens with zero attached hydrogens (tertiary/aromatic N) is 3. The van der Waals surface area contributed by atoms with Crippen LogP contribution in [0.3, 0.4) is 0 Å². The Labute approximate surface area is 226 Å². The number of aromatic nitrogens is 1. The van der Waals surface area contributed by atoms with Crippen molar-refractivity contribution in [3.05, 3.63) is 148 Å². The van der Waals surface area contributed by atoms with Crippen LogP contribution < -0.4 is 11.0 Å². The van der Waals surface area contributed by atoms with E-state index in [1.54, 1.807) is 12.3 Å². The molecule has 38 heavy (non-hydrogen) atoms.